The highest BCUT2D eigenvalue weighted by atomic mass is 16.2. The van der Waals surface area contributed by atoms with Crippen molar-refractivity contribution in [3.8, 4) is 0 Å². The molecule has 1 aliphatic heterocycles. The van der Waals surface area contributed by atoms with Crippen LogP contribution in [0.3, 0.4) is 0 Å². The average Bonchev–Trinajstić information content (AvgIpc) is 2.70. The zero-order chi connectivity index (χ0) is 18.4. The van der Waals surface area contributed by atoms with E-state index in [1.54, 1.807) is 12.1 Å². The average molecular weight is 350 g/mol. The summed E-state index contributed by atoms with van der Waals surface area (Å²) in [6, 6.07) is 17.6. The van der Waals surface area contributed by atoms with E-state index >= 15 is 0 Å². The summed E-state index contributed by atoms with van der Waals surface area (Å²) in [6.07, 6.45) is 3.59. The Morgan fingerprint density at radius 2 is 1.81 bits per heavy atom. The topological polar surface area (TPSA) is 49.4 Å². The molecule has 4 nitrogen and oxygen atoms in total. The third-order valence-electron chi connectivity index (χ3n) is 5.04. The van der Waals surface area contributed by atoms with E-state index < -0.39 is 0 Å². The molecule has 1 saturated heterocycles. The van der Waals surface area contributed by atoms with E-state index in [1.807, 2.05) is 35.2 Å². The van der Waals surface area contributed by atoms with Gasteiger partial charge in [0.2, 0.25) is 5.91 Å². The number of carbonyl (C=O) groups excluding carboxylic acids is 2. The van der Waals surface area contributed by atoms with Crippen molar-refractivity contribution in [3.05, 3.63) is 65.7 Å². The van der Waals surface area contributed by atoms with Crippen LogP contribution in [0.25, 0.3) is 0 Å². The number of hydrogen-bond donors (Lipinski definition) is 1. The van der Waals surface area contributed by atoms with Gasteiger partial charge in [0.25, 0.3) is 5.91 Å². The molecule has 26 heavy (non-hydrogen) atoms. The van der Waals surface area contributed by atoms with Crippen molar-refractivity contribution in [2.45, 2.75) is 38.5 Å². The van der Waals surface area contributed by atoms with E-state index in [4.69, 9.17) is 0 Å². The molecule has 0 radical (unpaired) electrons. The molecule has 136 valence electrons. The minimum absolute atomic E-state index is 0.0732. The van der Waals surface area contributed by atoms with Gasteiger partial charge in [0, 0.05) is 36.7 Å². The normalized spacial score (nSPS) is 15.6. The van der Waals surface area contributed by atoms with E-state index in [-0.39, 0.29) is 11.8 Å². The summed E-state index contributed by atoms with van der Waals surface area (Å²) in [7, 11) is 0. The van der Waals surface area contributed by atoms with Gasteiger partial charge < -0.3 is 10.2 Å². The Morgan fingerprint density at radius 1 is 1.08 bits per heavy atom. The maximum atomic E-state index is 12.5. The maximum absolute atomic E-state index is 12.5. The number of nitrogens with zero attached hydrogens (tertiary/aromatic N) is 1. The van der Waals surface area contributed by atoms with Gasteiger partial charge in [-0.1, -0.05) is 37.3 Å². The molecule has 0 aromatic heterocycles. The molecule has 0 bridgehead atoms. The van der Waals surface area contributed by atoms with E-state index in [9.17, 15) is 9.59 Å². The lowest BCUT2D eigenvalue weighted by molar-refractivity contribution is -0.119. The molecule has 0 aliphatic carbocycles. The van der Waals surface area contributed by atoms with Gasteiger partial charge >= 0.3 is 0 Å². The Balaban J connectivity index is 1.60. The Kier molecular flexibility index (Phi) is 6.05. The Bertz CT molecular complexity index is 740. The quantitative estimate of drug-likeness (QED) is 0.852. The first-order valence-corrected chi connectivity index (χ1v) is 9.42. The lowest BCUT2D eigenvalue weighted by atomic mass is 9.96. The van der Waals surface area contributed by atoms with Crippen LogP contribution in [0.4, 0.5) is 5.69 Å². The second-order valence-corrected chi connectivity index (χ2v) is 6.78. The SMILES string of the molecule is CC[C@H](CNC(=O)c1ccc(N2CCCCC2=O)cc1)c1ccccc1. The number of rotatable bonds is 6. The maximum Gasteiger partial charge on any atom is 0.251 e. The first-order chi connectivity index (χ1) is 12.7. The molecule has 2 aromatic rings. The van der Waals surface area contributed by atoms with Crippen molar-refractivity contribution in [2.75, 3.05) is 18.0 Å². The summed E-state index contributed by atoms with van der Waals surface area (Å²) in [5.74, 6) is 0.406. The van der Waals surface area contributed by atoms with E-state index in [1.165, 1.54) is 5.56 Å². The van der Waals surface area contributed by atoms with Crippen molar-refractivity contribution >= 4 is 17.5 Å². The molecule has 2 aromatic carbocycles. The fourth-order valence-corrected chi connectivity index (χ4v) is 3.41. The molecule has 1 N–H and O–H groups in total. The number of hydrogen-bond acceptors (Lipinski definition) is 2. The summed E-state index contributed by atoms with van der Waals surface area (Å²) in [5.41, 5.74) is 2.75. The summed E-state index contributed by atoms with van der Waals surface area (Å²) in [6.45, 7) is 3.51. The van der Waals surface area contributed by atoms with Crippen LogP contribution in [0.5, 0.6) is 0 Å². The van der Waals surface area contributed by atoms with Gasteiger partial charge in [-0.25, -0.2) is 0 Å². The second-order valence-electron chi connectivity index (χ2n) is 6.78. The van der Waals surface area contributed by atoms with Crippen LogP contribution in [-0.2, 0) is 4.79 Å². The highest BCUT2D eigenvalue weighted by Gasteiger charge is 2.19. The van der Waals surface area contributed by atoms with Crippen molar-refractivity contribution < 1.29 is 9.59 Å². The minimum atomic E-state index is -0.0732. The van der Waals surface area contributed by atoms with E-state index in [0.29, 0.717) is 24.4 Å². The van der Waals surface area contributed by atoms with Crippen molar-refractivity contribution in [1.29, 1.82) is 0 Å². The molecular formula is C22H26N2O2. The highest BCUT2D eigenvalue weighted by Crippen LogP contribution is 2.22. The van der Waals surface area contributed by atoms with Crippen LogP contribution in [0.1, 0.15) is 54.4 Å². The third-order valence-corrected chi connectivity index (χ3v) is 5.04. The number of anilines is 1. The first kappa shape index (κ1) is 18.2. The smallest absolute Gasteiger partial charge is 0.251 e. The van der Waals surface area contributed by atoms with Gasteiger partial charge in [-0.2, -0.15) is 0 Å². The van der Waals surface area contributed by atoms with Crippen molar-refractivity contribution in [2.24, 2.45) is 0 Å². The summed E-state index contributed by atoms with van der Waals surface area (Å²) >= 11 is 0. The van der Waals surface area contributed by atoms with E-state index in [2.05, 4.69) is 24.4 Å². The lowest BCUT2D eigenvalue weighted by Gasteiger charge is -2.26. The molecule has 4 heteroatoms. The third kappa shape index (κ3) is 4.31. The van der Waals surface area contributed by atoms with Gasteiger partial charge in [-0.3, -0.25) is 9.59 Å². The predicted octanol–water partition coefficient (Wildman–Crippen LogP) is 4.13. The largest absolute Gasteiger partial charge is 0.351 e. The highest BCUT2D eigenvalue weighted by molar-refractivity contribution is 5.96. The van der Waals surface area contributed by atoms with Crippen LogP contribution < -0.4 is 10.2 Å². The van der Waals surface area contributed by atoms with Gasteiger partial charge in [0.15, 0.2) is 0 Å². The zero-order valence-corrected chi connectivity index (χ0v) is 15.3. The molecule has 1 aliphatic rings. The van der Waals surface area contributed by atoms with Crippen LogP contribution in [0, 0.1) is 0 Å². The standard InChI is InChI=1S/C22H26N2O2/c1-2-17(18-8-4-3-5-9-18)16-23-22(26)19-11-13-20(14-12-19)24-15-7-6-10-21(24)25/h3-5,8-9,11-14,17H,2,6-7,10,15-16H2,1H3,(H,23,26)/t17-/m1/s1. The Hall–Kier alpha value is -2.62. The predicted molar refractivity (Wildman–Crippen MR) is 104 cm³/mol. The molecule has 0 unspecified atom stereocenters. The number of carbonyl (C=O) groups is 2. The fraction of sp³-hybridized carbons (Fsp3) is 0.364. The van der Waals surface area contributed by atoms with Crippen LogP contribution in [0.2, 0.25) is 0 Å². The van der Waals surface area contributed by atoms with Crippen molar-refractivity contribution in [3.63, 3.8) is 0 Å². The fourth-order valence-electron chi connectivity index (χ4n) is 3.41. The molecule has 0 saturated carbocycles. The summed E-state index contributed by atoms with van der Waals surface area (Å²) in [4.78, 5) is 26.3. The Labute approximate surface area is 155 Å². The van der Waals surface area contributed by atoms with Crippen LogP contribution in [0.15, 0.2) is 54.6 Å². The Morgan fingerprint density at radius 3 is 2.46 bits per heavy atom. The number of amides is 2. The zero-order valence-electron chi connectivity index (χ0n) is 15.3. The number of nitrogens with one attached hydrogen (secondary N) is 1. The summed E-state index contributed by atoms with van der Waals surface area (Å²) < 4.78 is 0. The molecule has 3 rings (SSSR count). The van der Waals surface area contributed by atoms with Crippen LogP contribution >= 0.6 is 0 Å². The van der Waals surface area contributed by atoms with Gasteiger partial charge in [-0.15, -0.1) is 0 Å². The molecule has 1 heterocycles. The molecule has 0 spiro atoms. The monoisotopic (exact) mass is 350 g/mol. The second kappa shape index (κ2) is 8.65. The molecule has 1 atom stereocenters. The van der Waals surface area contributed by atoms with Gasteiger partial charge in [-0.05, 0) is 49.1 Å². The van der Waals surface area contributed by atoms with Crippen molar-refractivity contribution in [1.82, 2.24) is 5.32 Å². The first-order valence-electron chi connectivity index (χ1n) is 9.42. The van der Waals surface area contributed by atoms with Crippen LogP contribution in [-0.4, -0.2) is 24.9 Å². The van der Waals surface area contributed by atoms with Gasteiger partial charge in [0.1, 0.15) is 0 Å². The number of piperidine rings is 1. The minimum Gasteiger partial charge on any atom is -0.351 e. The molecular weight excluding hydrogens is 324 g/mol. The lowest BCUT2D eigenvalue weighted by Crippen LogP contribution is -2.35. The molecule has 1 fully saturated rings. The van der Waals surface area contributed by atoms with Gasteiger partial charge in [0.05, 0.1) is 0 Å². The number of benzene rings is 2. The molecule has 2 amide bonds. The summed E-state index contributed by atoms with van der Waals surface area (Å²) in [5, 5.41) is 3.04. The van der Waals surface area contributed by atoms with E-state index in [0.717, 1.165) is 31.5 Å².